The molecule has 104 valence electrons. The SMILES string of the molecule is CCOC1CC(c2c(C)c(Cl)c(C)c(Cl)c2C)=NO1. The van der Waals surface area contributed by atoms with E-state index in [1.165, 1.54) is 0 Å². The first-order chi connectivity index (χ1) is 8.97. The van der Waals surface area contributed by atoms with Gasteiger partial charge in [-0.05, 0) is 44.4 Å². The van der Waals surface area contributed by atoms with Gasteiger partial charge < -0.3 is 9.57 Å². The summed E-state index contributed by atoms with van der Waals surface area (Å²) in [5, 5.41) is 5.49. The summed E-state index contributed by atoms with van der Waals surface area (Å²) in [6.07, 6.45) is 0.309. The zero-order chi connectivity index (χ0) is 14.2. The maximum atomic E-state index is 6.32. The molecule has 0 fully saturated rings. The number of nitrogens with zero attached hydrogens (tertiary/aromatic N) is 1. The van der Waals surface area contributed by atoms with Gasteiger partial charge in [0.1, 0.15) is 0 Å². The Hall–Kier alpha value is -0.770. The van der Waals surface area contributed by atoms with E-state index in [0.29, 0.717) is 23.1 Å². The Balaban J connectivity index is 2.42. The standard InChI is InChI=1S/C14H17Cl2NO2/c1-5-18-11-6-10(17-19-11)12-7(2)13(15)9(4)14(16)8(12)3/h11H,5-6H2,1-4H3. The largest absolute Gasteiger partial charge is 0.363 e. The van der Waals surface area contributed by atoms with Crippen molar-refractivity contribution in [2.75, 3.05) is 6.61 Å². The van der Waals surface area contributed by atoms with Crippen LogP contribution in [0.15, 0.2) is 5.16 Å². The quantitative estimate of drug-likeness (QED) is 0.828. The summed E-state index contributed by atoms with van der Waals surface area (Å²) in [5.41, 5.74) is 4.70. The number of halogens is 2. The molecule has 1 aliphatic heterocycles. The van der Waals surface area contributed by atoms with Crippen LogP contribution in [0.2, 0.25) is 10.0 Å². The van der Waals surface area contributed by atoms with Gasteiger partial charge in [-0.1, -0.05) is 28.4 Å². The molecule has 0 radical (unpaired) electrons. The summed E-state index contributed by atoms with van der Waals surface area (Å²) in [7, 11) is 0. The number of hydrogen-bond acceptors (Lipinski definition) is 3. The molecule has 0 spiro atoms. The van der Waals surface area contributed by atoms with Gasteiger partial charge in [0, 0.05) is 22.2 Å². The van der Waals surface area contributed by atoms with Gasteiger partial charge in [0.15, 0.2) is 0 Å². The minimum Gasteiger partial charge on any atom is -0.363 e. The van der Waals surface area contributed by atoms with Crippen LogP contribution < -0.4 is 0 Å². The lowest BCUT2D eigenvalue weighted by Gasteiger charge is -2.15. The highest BCUT2D eigenvalue weighted by Crippen LogP contribution is 2.35. The summed E-state index contributed by atoms with van der Waals surface area (Å²) in [4.78, 5) is 5.26. The van der Waals surface area contributed by atoms with Crippen molar-refractivity contribution in [2.24, 2.45) is 5.16 Å². The summed E-state index contributed by atoms with van der Waals surface area (Å²) in [6.45, 7) is 8.40. The van der Waals surface area contributed by atoms with E-state index in [0.717, 1.165) is 28.0 Å². The topological polar surface area (TPSA) is 30.8 Å². The van der Waals surface area contributed by atoms with Gasteiger partial charge in [0.05, 0.1) is 12.1 Å². The van der Waals surface area contributed by atoms with Gasteiger partial charge in [-0.2, -0.15) is 0 Å². The van der Waals surface area contributed by atoms with Crippen LogP contribution in [0.3, 0.4) is 0 Å². The van der Waals surface area contributed by atoms with Crippen molar-refractivity contribution in [1.82, 2.24) is 0 Å². The molecule has 0 amide bonds. The molecular formula is C14H17Cl2NO2. The van der Waals surface area contributed by atoms with Crippen LogP contribution >= 0.6 is 23.2 Å². The van der Waals surface area contributed by atoms with Gasteiger partial charge in [0.25, 0.3) is 0 Å². The molecule has 3 nitrogen and oxygen atoms in total. The average molecular weight is 302 g/mol. The van der Waals surface area contributed by atoms with Crippen LogP contribution in [-0.2, 0) is 9.57 Å². The molecule has 1 aromatic carbocycles. The average Bonchev–Trinajstić information content (AvgIpc) is 2.83. The third kappa shape index (κ3) is 2.60. The van der Waals surface area contributed by atoms with Crippen molar-refractivity contribution >= 4 is 28.9 Å². The monoisotopic (exact) mass is 301 g/mol. The zero-order valence-corrected chi connectivity index (χ0v) is 13.0. The fourth-order valence-electron chi connectivity index (χ4n) is 2.37. The Morgan fingerprint density at radius 3 is 2.26 bits per heavy atom. The Labute approximate surface area is 123 Å². The second kappa shape index (κ2) is 5.70. The molecule has 2 rings (SSSR count). The molecule has 1 unspecified atom stereocenters. The van der Waals surface area contributed by atoms with Crippen LogP contribution in [0.25, 0.3) is 0 Å². The van der Waals surface area contributed by atoms with Gasteiger partial charge in [0.2, 0.25) is 6.29 Å². The molecule has 0 bridgehead atoms. The van der Waals surface area contributed by atoms with E-state index in [-0.39, 0.29) is 6.29 Å². The van der Waals surface area contributed by atoms with Gasteiger partial charge in [-0.25, -0.2) is 0 Å². The van der Waals surface area contributed by atoms with Crippen LogP contribution in [0, 0.1) is 20.8 Å². The molecule has 1 aromatic rings. The highest BCUT2D eigenvalue weighted by Gasteiger charge is 2.27. The van der Waals surface area contributed by atoms with Crippen LogP contribution in [0.1, 0.15) is 35.6 Å². The molecule has 0 saturated carbocycles. The predicted octanol–water partition coefficient (Wildman–Crippen LogP) is 4.41. The molecule has 1 heterocycles. The maximum absolute atomic E-state index is 6.32. The first kappa shape index (κ1) is 14.6. The van der Waals surface area contributed by atoms with Crippen LogP contribution in [-0.4, -0.2) is 18.6 Å². The maximum Gasteiger partial charge on any atom is 0.232 e. The number of ether oxygens (including phenoxy) is 1. The molecule has 0 aliphatic carbocycles. The van der Waals surface area contributed by atoms with Crippen LogP contribution in [0.5, 0.6) is 0 Å². The molecule has 0 N–H and O–H groups in total. The molecule has 5 heteroatoms. The molecule has 0 saturated heterocycles. The normalized spacial score (nSPS) is 18.4. The molecule has 1 atom stereocenters. The minimum absolute atomic E-state index is 0.308. The molecule has 19 heavy (non-hydrogen) atoms. The van der Waals surface area contributed by atoms with Crippen molar-refractivity contribution in [3.05, 3.63) is 32.3 Å². The van der Waals surface area contributed by atoms with E-state index < -0.39 is 0 Å². The van der Waals surface area contributed by atoms with E-state index in [1.807, 2.05) is 27.7 Å². The van der Waals surface area contributed by atoms with Crippen molar-refractivity contribution in [3.8, 4) is 0 Å². The van der Waals surface area contributed by atoms with Crippen molar-refractivity contribution in [3.63, 3.8) is 0 Å². The first-order valence-electron chi connectivity index (χ1n) is 6.26. The molecular weight excluding hydrogens is 285 g/mol. The highest BCUT2D eigenvalue weighted by atomic mass is 35.5. The lowest BCUT2D eigenvalue weighted by molar-refractivity contribution is -0.120. The Morgan fingerprint density at radius 2 is 1.74 bits per heavy atom. The van der Waals surface area contributed by atoms with Crippen molar-refractivity contribution in [1.29, 1.82) is 0 Å². The number of benzene rings is 1. The number of oxime groups is 1. The Kier molecular flexibility index (Phi) is 4.39. The van der Waals surface area contributed by atoms with Gasteiger partial charge in [-0.15, -0.1) is 0 Å². The van der Waals surface area contributed by atoms with E-state index in [4.69, 9.17) is 32.8 Å². The third-order valence-electron chi connectivity index (χ3n) is 3.35. The predicted molar refractivity (Wildman–Crippen MR) is 78.3 cm³/mol. The number of rotatable bonds is 3. The second-order valence-electron chi connectivity index (χ2n) is 4.61. The lowest BCUT2D eigenvalue weighted by atomic mass is 9.94. The lowest BCUT2D eigenvalue weighted by Crippen LogP contribution is -2.14. The van der Waals surface area contributed by atoms with Crippen LogP contribution in [0.4, 0.5) is 0 Å². The summed E-state index contributed by atoms with van der Waals surface area (Å²) < 4.78 is 5.42. The number of hydrogen-bond donors (Lipinski definition) is 0. The smallest absolute Gasteiger partial charge is 0.232 e. The van der Waals surface area contributed by atoms with E-state index in [1.54, 1.807) is 0 Å². The van der Waals surface area contributed by atoms with Crippen molar-refractivity contribution in [2.45, 2.75) is 40.4 Å². The Bertz CT molecular complexity index is 512. The fourth-order valence-corrected chi connectivity index (χ4v) is 2.80. The molecule has 1 aliphatic rings. The first-order valence-corrected chi connectivity index (χ1v) is 7.02. The summed E-state index contributed by atoms with van der Waals surface area (Å²) in [6, 6.07) is 0. The second-order valence-corrected chi connectivity index (χ2v) is 5.37. The van der Waals surface area contributed by atoms with E-state index in [2.05, 4.69) is 5.16 Å². The fraction of sp³-hybridized carbons (Fsp3) is 0.500. The summed E-state index contributed by atoms with van der Waals surface area (Å²) in [5.74, 6) is 0. The Morgan fingerprint density at radius 1 is 1.16 bits per heavy atom. The van der Waals surface area contributed by atoms with Crippen molar-refractivity contribution < 1.29 is 9.57 Å². The van der Waals surface area contributed by atoms with E-state index >= 15 is 0 Å². The van der Waals surface area contributed by atoms with Gasteiger partial charge in [-0.3, -0.25) is 0 Å². The minimum atomic E-state index is -0.308. The highest BCUT2D eigenvalue weighted by molar-refractivity contribution is 6.37. The zero-order valence-electron chi connectivity index (χ0n) is 11.5. The van der Waals surface area contributed by atoms with Gasteiger partial charge >= 0.3 is 0 Å². The molecule has 0 aromatic heterocycles. The summed E-state index contributed by atoms with van der Waals surface area (Å²) >= 11 is 12.6. The van der Waals surface area contributed by atoms with E-state index in [9.17, 15) is 0 Å². The third-order valence-corrected chi connectivity index (χ3v) is 4.48.